The first-order valence-electron chi connectivity index (χ1n) is 9.12. The average Bonchev–Trinajstić information content (AvgIpc) is 3.08. The second-order valence-electron chi connectivity index (χ2n) is 8.85. The van der Waals surface area contributed by atoms with Crippen LogP contribution < -0.4 is 0 Å². The zero-order valence-electron chi connectivity index (χ0n) is 15.1. The van der Waals surface area contributed by atoms with Gasteiger partial charge in [0.25, 0.3) is 0 Å². The van der Waals surface area contributed by atoms with Gasteiger partial charge in [0, 0.05) is 11.6 Å². The van der Waals surface area contributed by atoms with Gasteiger partial charge in [0.1, 0.15) is 5.82 Å². The van der Waals surface area contributed by atoms with E-state index < -0.39 is 0 Å². The molecule has 1 aromatic heterocycles. The summed E-state index contributed by atoms with van der Waals surface area (Å²) in [5, 5.41) is 1.26. The van der Waals surface area contributed by atoms with Crippen LogP contribution in [0.1, 0.15) is 74.9 Å². The van der Waals surface area contributed by atoms with E-state index in [1.807, 2.05) is 6.92 Å². The number of hydrogen-bond acceptors (Lipinski definition) is 2. The van der Waals surface area contributed by atoms with Gasteiger partial charge < -0.3 is 0 Å². The highest BCUT2D eigenvalue weighted by atomic mass is 14.9. The van der Waals surface area contributed by atoms with E-state index in [0.717, 1.165) is 17.7 Å². The van der Waals surface area contributed by atoms with Crippen molar-refractivity contribution < 1.29 is 0 Å². The van der Waals surface area contributed by atoms with Crippen LogP contribution in [0, 0.1) is 25.7 Å². The average molecular weight is 308 g/mol. The predicted octanol–water partition coefficient (Wildman–Crippen LogP) is 5.45. The van der Waals surface area contributed by atoms with Crippen molar-refractivity contribution in [3.05, 3.63) is 34.8 Å². The molecule has 2 aliphatic rings. The molecule has 2 heteroatoms. The normalized spacial score (nSPS) is 27.1. The van der Waals surface area contributed by atoms with E-state index in [2.05, 4.69) is 44.9 Å². The molecule has 0 saturated heterocycles. The van der Waals surface area contributed by atoms with Gasteiger partial charge in [-0.1, -0.05) is 33.3 Å². The molecular formula is C21H28N2. The van der Waals surface area contributed by atoms with E-state index >= 15 is 0 Å². The molecule has 1 heterocycles. The first kappa shape index (κ1) is 15.1. The molecule has 2 saturated carbocycles. The molecule has 0 N–H and O–H groups in total. The summed E-state index contributed by atoms with van der Waals surface area (Å²) in [5.41, 5.74) is 5.72. The van der Waals surface area contributed by atoms with Gasteiger partial charge in [-0.2, -0.15) is 0 Å². The number of hydrogen-bond donors (Lipinski definition) is 0. The molecule has 1 aromatic carbocycles. The Morgan fingerprint density at radius 1 is 1.09 bits per heavy atom. The van der Waals surface area contributed by atoms with Crippen LogP contribution in [0.2, 0.25) is 0 Å². The maximum Gasteiger partial charge on any atom is 0.125 e. The van der Waals surface area contributed by atoms with Gasteiger partial charge in [-0.25, -0.2) is 9.97 Å². The lowest BCUT2D eigenvalue weighted by Gasteiger charge is -2.28. The molecule has 2 fully saturated rings. The molecule has 0 aliphatic heterocycles. The first-order chi connectivity index (χ1) is 10.8. The minimum Gasteiger partial charge on any atom is -0.241 e. The monoisotopic (exact) mass is 308 g/mol. The zero-order valence-corrected chi connectivity index (χ0v) is 15.1. The summed E-state index contributed by atoms with van der Waals surface area (Å²) in [4.78, 5) is 9.37. The highest BCUT2D eigenvalue weighted by Gasteiger charge is 2.41. The van der Waals surface area contributed by atoms with E-state index in [0.29, 0.717) is 5.92 Å². The van der Waals surface area contributed by atoms with Gasteiger partial charge in [-0.15, -0.1) is 0 Å². The van der Waals surface area contributed by atoms with Crippen molar-refractivity contribution in [3.63, 3.8) is 0 Å². The van der Waals surface area contributed by atoms with Crippen LogP contribution in [0.5, 0.6) is 0 Å². The third kappa shape index (κ3) is 2.38. The molecule has 2 nitrogen and oxygen atoms in total. The fourth-order valence-corrected chi connectivity index (χ4v) is 5.13. The van der Waals surface area contributed by atoms with Gasteiger partial charge in [0.2, 0.25) is 0 Å². The fourth-order valence-electron chi connectivity index (χ4n) is 5.13. The largest absolute Gasteiger partial charge is 0.241 e. The van der Waals surface area contributed by atoms with Crippen LogP contribution in [0.3, 0.4) is 0 Å². The topological polar surface area (TPSA) is 25.8 Å². The minimum absolute atomic E-state index is 0.162. The van der Waals surface area contributed by atoms with E-state index in [1.54, 1.807) is 0 Å². The lowest BCUT2D eigenvalue weighted by molar-refractivity contribution is 0.420. The summed E-state index contributed by atoms with van der Waals surface area (Å²) in [6.07, 6.45) is 7.73. The molecule has 23 heavy (non-hydrogen) atoms. The van der Waals surface area contributed by atoms with E-state index in [-0.39, 0.29) is 5.41 Å². The van der Waals surface area contributed by atoms with Gasteiger partial charge in [-0.05, 0) is 73.0 Å². The molecule has 0 radical (unpaired) electrons. The van der Waals surface area contributed by atoms with E-state index in [4.69, 9.17) is 4.98 Å². The van der Waals surface area contributed by atoms with Gasteiger partial charge >= 0.3 is 0 Å². The highest BCUT2D eigenvalue weighted by Crippen LogP contribution is 2.54. The van der Waals surface area contributed by atoms with Crippen LogP contribution in [-0.2, 0) is 5.41 Å². The van der Waals surface area contributed by atoms with Crippen molar-refractivity contribution in [1.29, 1.82) is 0 Å². The lowest BCUT2D eigenvalue weighted by atomic mass is 9.77. The number of aromatic nitrogens is 2. The molecule has 2 aliphatic carbocycles. The van der Waals surface area contributed by atoms with Crippen LogP contribution >= 0.6 is 0 Å². The van der Waals surface area contributed by atoms with E-state index in [9.17, 15) is 0 Å². The molecule has 3 unspecified atom stereocenters. The van der Waals surface area contributed by atoms with Crippen molar-refractivity contribution in [2.45, 2.75) is 71.6 Å². The number of aryl methyl sites for hydroxylation is 2. The molecule has 2 bridgehead atoms. The molecule has 0 amide bonds. The first-order valence-corrected chi connectivity index (χ1v) is 9.12. The molecule has 4 rings (SSSR count). The Balaban J connectivity index is 1.97. The molecule has 0 spiro atoms. The van der Waals surface area contributed by atoms with Gasteiger partial charge in [0.05, 0.1) is 5.52 Å². The predicted molar refractivity (Wildman–Crippen MR) is 95.9 cm³/mol. The summed E-state index contributed by atoms with van der Waals surface area (Å²) < 4.78 is 0. The van der Waals surface area contributed by atoms with Crippen molar-refractivity contribution in [1.82, 2.24) is 9.97 Å². The number of rotatable bonds is 1. The standard InChI is InChI=1S/C21H28N2/c1-12-18-11-22-13(2)23-20(18)17(10-19(12)21(3,4)5)16-9-14-6-7-15(16)8-14/h10-11,14-16H,6-9H2,1-5H3. The second kappa shape index (κ2) is 5.03. The van der Waals surface area contributed by atoms with Crippen molar-refractivity contribution in [2.75, 3.05) is 0 Å². The number of benzene rings is 1. The maximum absolute atomic E-state index is 4.88. The summed E-state index contributed by atoms with van der Waals surface area (Å²) in [7, 11) is 0. The maximum atomic E-state index is 4.88. The molecule has 2 aromatic rings. The Morgan fingerprint density at radius 2 is 1.87 bits per heavy atom. The zero-order chi connectivity index (χ0) is 16.4. The molecule has 3 atom stereocenters. The Labute approximate surface area is 139 Å². The smallest absolute Gasteiger partial charge is 0.125 e. The lowest BCUT2D eigenvalue weighted by Crippen LogP contribution is -2.17. The molecular weight excluding hydrogens is 280 g/mol. The Morgan fingerprint density at radius 3 is 2.48 bits per heavy atom. The van der Waals surface area contributed by atoms with E-state index in [1.165, 1.54) is 53.3 Å². The van der Waals surface area contributed by atoms with Gasteiger partial charge in [-0.3, -0.25) is 0 Å². The Hall–Kier alpha value is -1.44. The van der Waals surface area contributed by atoms with Crippen molar-refractivity contribution in [3.8, 4) is 0 Å². The quantitative estimate of drug-likeness (QED) is 0.700. The highest BCUT2D eigenvalue weighted by molar-refractivity contribution is 5.86. The summed E-state index contributed by atoms with van der Waals surface area (Å²) in [6, 6.07) is 2.50. The summed E-state index contributed by atoms with van der Waals surface area (Å²) >= 11 is 0. The van der Waals surface area contributed by atoms with Crippen LogP contribution in [0.4, 0.5) is 0 Å². The van der Waals surface area contributed by atoms with Crippen molar-refractivity contribution in [2.24, 2.45) is 11.8 Å². The Bertz CT molecular complexity index is 769. The minimum atomic E-state index is 0.162. The third-order valence-corrected chi connectivity index (χ3v) is 6.24. The fraction of sp³-hybridized carbons (Fsp3) is 0.619. The van der Waals surface area contributed by atoms with Crippen LogP contribution in [0.15, 0.2) is 12.3 Å². The Kier molecular flexibility index (Phi) is 3.30. The second-order valence-corrected chi connectivity index (χ2v) is 8.85. The number of fused-ring (bicyclic) bond motifs is 3. The molecule has 122 valence electrons. The third-order valence-electron chi connectivity index (χ3n) is 6.24. The number of nitrogens with zero attached hydrogens (tertiary/aromatic N) is 2. The summed E-state index contributed by atoms with van der Waals surface area (Å²) in [6.45, 7) is 11.2. The van der Waals surface area contributed by atoms with Crippen LogP contribution in [0.25, 0.3) is 10.9 Å². The summed E-state index contributed by atoms with van der Waals surface area (Å²) in [5.74, 6) is 3.45. The SMILES string of the molecule is Cc1ncc2c(C)c(C(C)(C)C)cc(C3CC4CCC3C4)c2n1. The van der Waals surface area contributed by atoms with Crippen LogP contribution in [-0.4, -0.2) is 9.97 Å². The van der Waals surface area contributed by atoms with Gasteiger partial charge in [0.15, 0.2) is 0 Å². The van der Waals surface area contributed by atoms with Crippen molar-refractivity contribution >= 4 is 10.9 Å².